The molecule has 0 N–H and O–H groups in total. The van der Waals surface area contributed by atoms with Gasteiger partial charge in [-0.05, 0) is 0 Å². The SMILES string of the molecule is CCC(F)(OC(F)(F)C(F)(F)C(F)(F)C(F)(F)C(F)(F)F)C(F)(F)F. The summed E-state index contributed by atoms with van der Waals surface area (Å²) < 4.78 is 189. The fourth-order valence-electron chi connectivity index (χ4n) is 1.16. The van der Waals surface area contributed by atoms with Crippen LogP contribution in [0.25, 0.3) is 0 Å². The van der Waals surface area contributed by atoms with Crippen LogP contribution in [0.15, 0.2) is 0 Å². The van der Waals surface area contributed by atoms with Crippen LogP contribution in [0.4, 0.5) is 65.9 Å². The predicted molar refractivity (Wildman–Crippen MR) is 47.1 cm³/mol. The van der Waals surface area contributed by atoms with Crippen molar-refractivity contribution in [3.8, 4) is 0 Å². The number of halogens is 15. The summed E-state index contributed by atoms with van der Waals surface area (Å²) in [5.41, 5.74) is 0. The number of alkyl halides is 15. The number of hydrogen-bond donors (Lipinski definition) is 0. The largest absolute Gasteiger partial charge is 0.460 e. The maximum atomic E-state index is 13.2. The van der Waals surface area contributed by atoms with E-state index in [4.69, 9.17) is 0 Å². The van der Waals surface area contributed by atoms with Gasteiger partial charge < -0.3 is 0 Å². The standard InChI is InChI=1S/C9H5F15O/c1-2-3(10,7(17,18)19)25-9(23,24)6(15,16)4(11,12)5(13,14)8(20,21)22/h2H2,1H3. The van der Waals surface area contributed by atoms with Crippen molar-refractivity contribution in [1.29, 1.82) is 0 Å². The summed E-state index contributed by atoms with van der Waals surface area (Å²) in [5, 5.41) is 0. The second-order valence-corrected chi connectivity index (χ2v) is 4.42. The molecule has 0 heterocycles. The Balaban J connectivity index is 6.14. The lowest BCUT2D eigenvalue weighted by molar-refractivity contribution is -0.495. The molecule has 152 valence electrons. The molecule has 0 amide bonds. The summed E-state index contributed by atoms with van der Waals surface area (Å²) >= 11 is 0. The predicted octanol–water partition coefficient (Wildman–Crippen LogP) is 5.70. The smallest absolute Gasteiger partial charge is 0.269 e. The average molecular weight is 414 g/mol. The molecule has 0 aromatic heterocycles. The van der Waals surface area contributed by atoms with Crippen molar-refractivity contribution in [2.24, 2.45) is 0 Å². The molecule has 0 rings (SSSR count). The van der Waals surface area contributed by atoms with E-state index in [1.807, 2.05) is 4.74 Å². The topological polar surface area (TPSA) is 9.23 Å². The van der Waals surface area contributed by atoms with Crippen LogP contribution >= 0.6 is 0 Å². The molecular weight excluding hydrogens is 409 g/mol. The van der Waals surface area contributed by atoms with Crippen LogP contribution in [-0.2, 0) is 4.74 Å². The molecule has 0 aromatic carbocycles. The van der Waals surface area contributed by atoms with E-state index >= 15 is 0 Å². The van der Waals surface area contributed by atoms with Crippen molar-refractivity contribution in [3.63, 3.8) is 0 Å². The Labute approximate surface area is 127 Å². The van der Waals surface area contributed by atoms with Gasteiger partial charge in [0.25, 0.3) is 0 Å². The maximum absolute atomic E-state index is 13.2. The highest BCUT2D eigenvalue weighted by Gasteiger charge is 2.89. The molecule has 0 aliphatic carbocycles. The minimum absolute atomic E-state index is 0.0597. The Hall–Kier alpha value is -1.09. The van der Waals surface area contributed by atoms with Gasteiger partial charge in [0, 0.05) is 6.42 Å². The lowest BCUT2D eigenvalue weighted by atomic mass is 10.0. The first-order valence-electron chi connectivity index (χ1n) is 5.55. The molecule has 0 fully saturated rings. The quantitative estimate of drug-likeness (QED) is 0.507. The highest BCUT2D eigenvalue weighted by molar-refractivity contribution is 5.04. The van der Waals surface area contributed by atoms with E-state index in [1.54, 1.807) is 0 Å². The van der Waals surface area contributed by atoms with Gasteiger partial charge in [-0.25, -0.2) is 4.39 Å². The van der Waals surface area contributed by atoms with Crippen molar-refractivity contribution in [1.82, 2.24) is 0 Å². The third-order valence-corrected chi connectivity index (χ3v) is 2.68. The number of rotatable bonds is 6. The van der Waals surface area contributed by atoms with Crippen LogP contribution in [0.2, 0.25) is 0 Å². The summed E-state index contributed by atoms with van der Waals surface area (Å²) in [6.45, 7) is 0.0597. The van der Waals surface area contributed by atoms with Crippen LogP contribution in [0, 0.1) is 0 Å². The summed E-state index contributed by atoms with van der Waals surface area (Å²) in [6, 6.07) is 0. The van der Waals surface area contributed by atoms with E-state index in [9.17, 15) is 65.9 Å². The molecule has 0 saturated carbocycles. The average Bonchev–Trinajstić information content (AvgIpc) is 2.34. The van der Waals surface area contributed by atoms with Gasteiger partial charge in [0.1, 0.15) is 0 Å². The van der Waals surface area contributed by atoms with Crippen LogP contribution in [-0.4, -0.2) is 42.1 Å². The van der Waals surface area contributed by atoms with Crippen molar-refractivity contribution >= 4 is 0 Å². The lowest BCUT2D eigenvalue weighted by Crippen LogP contribution is -2.68. The molecule has 0 bridgehead atoms. The van der Waals surface area contributed by atoms with Crippen LogP contribution in [0.5, 0.6) is 0 Å². The maximum Gasteiger partial charge on any atom is 0.460 e. The first-order valence-corrected chi connectivity index (χ1v) is 5.55. The van der Waals surface area contributed by atoms with Crippen LogP contribution in [0.1, 0.15) is 13.3 Å². The zero-order chi connectivity index (χ0) is 20.9. The molecule has 1 unspecified atom stereocenters. The Morgan fingerprint density at radius 3 is 1.12 bits per heavy atom. The molecular formula is C9H5F15O. The molecule has 0 aliphatic rings. The Bertz CT molecular complexity index is 474. The van der Waals surface area contributed by atoms with Crippen molar-refractivity contribution in [3.05, 3.63) is 0 Å². The van der Waals surface area contributed by atoms with E-state index in [2.05, 4.69) is 0 Å². The molecule has 1 atom stereocenters. The number of ether oxygens (including phenoxy) is 1. The van der Waals surface area contributed by atoms with Crippen molar-refractivity contribution in [2.75, 3.05) is 0 Å². The zero-order valence-electron chi connectivity index (χ0n) is 11.3. The first kappa shape index (κ1) is 23.9. The van der Waals surface area contributed by atoms with Gasteiger partial charge in [0.15, 0.2) is 0 Å². The minimum atomic E-state index is -8.00. The van der Waals surface area contributed by atoms with Gasteiger partial charge in [0.05, 0.1) is 0 Å². The van der Waals surface area contributed by atoms with Gasteiger partial charge in [-0.15, -0.1) is 0 Å². The highest BCUT2D eigenvalue weighted by atomic mass is 19.4. The summed E-state index contributed by atoms with van der Waals surface area (Å²) in [5.74, 6) is -29.5. The van der Waals surface area contributed by atoms with E-state index in [0.29, 0.717) is 0 Å². The van der Waals surface area contributed by atoms with Crippen molar-refractivity contribution in [2.45, 2.75) is 55.4 Å². The van der Waals surface area contributed by atoms with Gasteiger partial charge in [0.2, 0.25) is 0 Å². The molecule has 0 radical (unpaired) electrons. The molecule has 0 spiro atoms. The zero-order valence-corrected chi connectivity index (χ0v) is 11.3. The van der Waals surface area contributed by atoms with Crippen LogP contribution < -0.4 is 0 Å². The molecule has 0 aliphatic heterocycles. The molecule has 0 saturated heterocycles. The lowest BCUT2D eigenvalue weighted by Gasteiger charge is -2.39. The fourth-order valence-corrected chi connectivity index (χ4v) is 1.16. The Morgan fingerprint density at radius 1 is 0.520 bits per heavy atom. The van der Waals surface area contributed by atoms with E-state index in [0.717, 1.165) is 0 Å². The van der Waals surface area contributed by atoms with E-state index in [-0.39, 0.29) is 6.92 Å². The third-order valence-electron chi connectivity index (χ3n) is 2.68. The molecule has 0 aromatic rings. The van der Waals surface area contributed by atoms with Gasteiger partial charge in [-0.1, -0.05) is 6.92 Å². The normalized spacial score (nSPS) is 18.2. The summed E-state index contributed by atoms with van der Waals surface area (Å²) in [7, 11) is 0. The van der Waals surface area contributed by atoms with E-state index in [1.165, 1.54) is 0 Å². The first-order chi connectivity index (χ1) is 10.5. The number of hydrogen-bond acceptors (Lipinski definition) is 1. The van der Waals surface area contributed by atoms with Crippen LogP contribution in [0.3, 0.4) is 0 Å². The molecule has 1 nitrogen and oxygen atoms in total. The summed E-state index contributed by atoms with van der Waals surface area (Å²) in [4.78, 5) is 0. The second kappa shape index (κ2) is 5.97. The molecule has 25 heavy (non-hydrogen) atoms. The second-order valence-electron chi connectivity index (χ2n) is 4.42. The highest BCUT2D eigenvalue weighted by Crippen LogP contribution is 2.58. The Kier molecular flexibility index (Phi) is 5.71. The van der Waals surface area contributed by atoms with Gasteiger partial charge >= 0.3 is 42.1 Å². The summed E-state index contributed by atoms with van der Waals surface area (Å²) in [6.07, 6.45) is -23.7. The van der Waals surface area contributed by atoms with Crippen molar-refractivity contribution < 1.29 is 70.6 Å². The Morgan fingerprint density at radius 2 is 0.880 bits per heavy atom. The van der Waals surface area contributed by atoms with Gasteiger partial charge in [-0.2, -0.15) is 61.5 Å². The fraction of sp³-hybridized carbons (Fsp3) is 1.00. The minimum Gasteiger partial charge on any atom is -0.269 e. The third kappa shape index (κ3) is 3.58. The van der Waals surface area contributed by atoms with E-state index < -0.39 is 48.5 Å². The molecule has 16 heteroatoms. The monoisotopic (exact) mass is 414 g/mol. The van der Waals surface area contributed by atoms with Gasteiger partial charge in [-0.3, -0.25) is 4.74 Å².